The lowest BCUT2D eigenvalue weighted by molar-refractivity contribution is 0.0846. The van der Waals surface area contributed by atoms with Crippen LogP contribution in [0.1, 0.15) is 12.8 Å². The van der Waals surface area contributed by atoms with Crippen LogP contribution in [0.3, 0.4) is 0 Å². The number of rotatable bonds is 7. The van der Waals surface area contributed by atoms with Crippen molar-refractivity contribution in [2.75, 3.05) is 39.5 Å². The van der Waals surface area contributed by atoms with Crippen molar-refractivity contribution >= 4 is 23.2 Å². The van der Waals surface area contributed by atoms with E-state index in [2.05, 4.69) is 4.90 Å². The van der Waals surface area contributed by atoms with E-state index in [1.54, 1.807) is 18.2 Å². The number of likely N-dealkylation sites (tertiary alicyclic amines) is 1. The summed E-state index contributed by atoms with van der Waals surface area (Å²) in [7, 11) is 0. The third-order valence-electron chi connectivity index (χ3n) is 3.13. The second-order valence-electron chi connectivity index (χ2n) is 4.58. The molecule has 0 radical (unpaired) electrons. The maximum atomic E-state index is 6.00. The highest BCUT2D eigenvalue weighted by molar-refractivity contribution is 6.35. The summed E-state index contributed by atoms with van der Waals surface area (Å²) < 4.78 is 11.1. The quantitative estimate of drug-likeness (QED) is 0.720. The lowest BCUT2D eigenvalue weighted by Gasteiger charge is -2.14. The largest absolute Gasteiger partial charge is 0.490 e. The van der Waals surface area contributed by atoms with Crippen LogP contribution < -0.4 is 4.74 Å². The van der Waals surface area contributed by atoms with Crippen molar-refractivity contribution in [1.29, 1.82) is 0 Å². The van der Waals surface area contributed by atoms with Crippen LogP contribution in [-0.4, -0.2) is 44.4 Å². The summed E-state index contributed by atoms with van der Waals surface area (Å²) in [6.45, 7) is 5.27. The Labute approximate surface area is 124 Å². The molecular weight excluding hydrogens is 285 g/mol. The molecule has 1 aliphatic heterocycles. The highest BCUT2D eigenvalue weighted by Crippen LogP contribution is 2.27. The van der Waals surface area contributed by atoms with Crippen LogP contribution in [0, 0.1) is 0 Å². The minimum atomic E-state index is 0.501. The average Bonchev–Trinajstić information content (AvgIpc) is 2.89. The molecule has 0 aliphatic carbocycles. The van der Waals surface area contributed by atoms with Gasteiger partial charge in [-0.05, 0) is 44.1 Å². The van der Waals surface area contributed by atoms with E-state index in [1.807, 2.05) is 0 Å². The molecule has 3 nitrogen and oxygen atoms in total. The third kappa shape index (κ3) is 5.19. The monoisotopic (exact) mass is 303 g/mol. The van der Waals surface area contributed by atoms with Gasteiger partial charge < -0.3 is 14.4 Å². The highest BCUT2D eigenvalue weighted by atomic mass is 35.5. The molecule has 1 aromatic carbocycles. The Kier molecular flexibility index (Phi) is 6.24. The minimum Gasteiger partial charge on any atom is -0.490 e. The molecule has 0 unspecified atom stereocenters. The third-order valence-corrected chi connectivity index (χ3v) is 3.66. The predicted molar refractivity (Wildman–Crippen MR) is 78.5 cm³/mol. The fourth-order valence-corrected chi connectivity index (χ4v) is 2.57. The molecule has 1 aromatic rings. The first-order valence-electron chi connectivity index (χ1n) is 6.63. The van der Waals surface area contributed by atoms with E-state index in [1.165, 1.54) is 25.9 Å². The number of benzene rings is 1. The van der Waals surface area contributed by atoms with Gasteiger partial charge in [0.15, 0.2) is 0 Å². The van der Waals surface area contributed by atoms with Crippen LogP contribution in [0.2, 0.25) is 10.0 Å². The van der Waals surface area contributed by atoms with Crippen LogP contribution in [0.25, 0.3) is 0 Å². The van der Waals surface area contributed by atoms with Crippen LogP contribution >= 0.6 is 23.2 Å². The van der Waals surface area contributed by atoms with Crippen molar-refractivity contribution in [3.63, 3.8) is 0 Å². The smallest absolute Gasteiger partial charge is 0.138 e. The molecule has 19 heavy (non-hydrogen) atoms. The number of halogens is 2. The molecular formula is C14H19Cl2NO2. The first-order chi connectivity index (χ1) is 9.25. The Balaban J connectivity index is 1.56. The van der Waals surface area contributed by atoms with E-state index >= 15 is 0 Å². The second-order valence-corrected chi connectivity index (χ2v) is 5.43. The summed E-state index contributed by atoms with van der Waals surface area (Å²) in [5.41, 5.74) is 0. The van der Waals surface area contributed by atoms with Gasteiger partial charge in [-0.1, -0.05) is 23.2 Å². The summed E-state index contributed by atoms with van der Waals surface area (Å²) in [6.07, 6.45) is 2.64. The van der Waals surface area contributed by atoms with Gasteiger partial charge in [-0.15, -0.1) is 0 Å². The molecule has 0 N–H and O–H groups in total. The van der Waals surface area contributed by atoms with E-state index in [0.29, 0.717) is 29.0 Å². The molecule has 1 saturated heterocycles. The first-order valence-corrected chi connectivity index (χ1v) is 7.39. The van der Waals surface area contributed by atoms with Crippen molar-refractivity contribution in [3.8, 4) is 5.75 Å². The van der Waals surface area contributed by atoms with Gasteiger partial charge in [-0.2, -0.15) is 0 Å². The van der Waals surface area contributed by atoms with Gasteiger partial charge in [-0.3, -0.25) is 0 Å². The van der Waals surface area contributed by atoms with E-state index in [-0.39, 0.29) is 0 Å². The van der Waals surface area contributed by atoms with Gasteiger partial charge in [-0.25, -0.2) is 0 Å². The second kappa shape index (κ2) is 7.95. The molecule has 0 bridgehead atoms. The molecule has 0 saturated carbocycles. The Morgan fingerprint density at radius 1 is 1.05 bits per heavy atom. The summed E-state index contributed by atoms with van der Waals surface area (Å²) >= 11 is 11.8. The predicted octanol–water partition coefficient (Wildman–Crippen LogP) is 3.48. The van der Waals surface area contributed by atoms with E-state index in [9.17, 15) is 0 Å². The van der Waals surface area contributed by atoms with Crippen molar-refractivity contribution < 1.29 is 9.47 Å². The molecule has 1 aliphatic rings. The van der Waals surface area contributed by atoms with E-state index in [0.717, 1.165) is 13.2 Å². The summed E-state index contributed by atoms with van der Waals surface area (Å²) in [5, 5.41) is 1.14. The van der Waals surface area contributed by atoms with Crippen LogP contribution in [0.15, 0.2) is 18.2 Å². The van der Waals surface area contributed by atoms with Crippen molar-refractivity contribution in [2.24, 2.45) is 0 Å². The molecule has 0 spiro atoms. The summed E-state index contributed by atoms with van der Waals surface area (Å²) in [4.78, 5) is 2.43. The Morgan fingerprint density at radius 3 is 2.58 bits per heavy atom. The van der Waals surface area contributed by atoms with Gasteiger partial charge in [0, 0.05) is 11.6 Å². The zero-order valence-electron chi connectivity index (χ0n) is 10.9. The van der Waals surface area contributed by atoms with E-state index in [4.69, 9.17) is 32.7 Å². The lowest BCUT2D eigenvalue weighted by Crippen LogP contribution is -2.24. The zero-order chi connectivity index (χ0) is 13.5. The fourth-order valence-electron chi connectivity index (χ4n) is 2.10. The molecule has 0 atom stereocenters. The SMILES string of the molecule is Clc1ccc(OCCOCCN2CCCC2)c(Cl)c1. The number of ether oxygens (including phenoxy) is 2. The van der Waals surface area contributed by atoms with Crippen LogP contribution in [-0.2, 0) is 4.74 Å². The van der Waals surface area contributed by atoms with Gasteiger partial charge in [0.05, 0.1) is 18.2 Å². The lowest BCUT2D eigenvalue weighted by atomic mass is 10.3. The maximum Gasteiger partial charge on any atom is 0.138 e. The van der Waals surface area contributed by atoms with Gasteiger partial charge in [0.2, 0.25) is 0 Å². The first kappa shape index (κ1) is 14.9. The molecule has 0 amide bonds. The van der Waals surface area contributed by atoms with E-state index < -0.39 is 0 Å². The van der Waals surface area contributed by atoms with Gasteiger partial charge in [0.1, 0.15) is 12.4 Å². The highest BCUT2D eigenvalue weighted by Gasteiger charge is 2.10. The molecule has 106 valence electrons. The Bertz CT molecular complexity index is 395. The minimum absolute atomic E-state index is 0.501. The molecule has 2 rings (SSSR count). The fraction of sp³-hybridized carbons (Fsp3) is 0.571. The zero-order valence-corrected chi connectivity index (χ0v) is 12.4. The van der Waals surface area contributed by atoms with Crippen molar-refractivity contribution in [2.45, 2.75) is 12.8 Å². The number of hydrogen-bond acceptors (Lipinski definition) is 3. The number of nitrogens with zero attached hydrogens (tertiary/aromatic N) is 1. The molecule has 1 fully saturated rings. The maximum absolute atomic E-state index is 6.00. The van der Waals surface area contributed by atoms with Crippen molar-refractivity contribution in [1.82, 2.24) is 4.90 Å². The molecule has 1 heterocycles. The Morgan fingerprint density at radius 2 is 1.84 bits per heavy atom. The Hall–Kier alpha value is -0.480. The van der Waals surface area contributed by atoms with Crippen LogP contribution in [0.5, 0.6) is 5.75 Å². The molecule has 5 heteroatoms. The summed E-state index contributed by atoms with van der Waals surface area (Å²) in [6, 6.07) is 5.21. The standard InChI is InChI=1S/C14H19Cl2NO2/c15-12-3-4-14(13(16)11-12)19-10-9-18-8-7-17-5-1-2-6-17/h3-4,11H,1-2,5-10H2. The summed E-state index contributed by atoms with van der Waals surface area (Å²) in [5.74, 6) is 0.647. The van der Waals surface area contributed by atoms with Gasteiger partial charge in [0.25, 0.3) is 0 Å². The van der Waals surface area contributed by atoms with Crippen LogP contribution in [0.4, 0.5) is 0 Å². The number of hydrogen-bond donors (Lipinski definition) is 0. The molecule has 0 aromatic heterocycles. The topological polar surface area (TPSA) is 21.7 Å². The average molecular weight is 304 g/mol. The van der Waals surface area contributed by atoms with Gasteiger partial charge >= 0.3 is 0 Å². The van der Waals surface area contributed by atoms with Crippen molar-refractivity contribution in [3.05, 3.63) is 28.2 Å². The normalized spacial score (nSPS) is 15.9.